The van der Waals surface area contributed by atoms with Gasteiger partial charge >= 0.3 is 5.69 Å². The molecule has 1 aromatic carbocycles. The Labute approximate surface area is 183 Å². The largest absolute Gasteiger partial charge is 0.748 e. The maximum absolute atomic E-state index is 12.9. The second-order valence-electron chi connectivity index (χ2n) is 7.21. The Hall–Kier alpha value is -2.68. The highest BCUT2D eigenvalue weighted by atomic mass is 32.2. The average molecular weight is 485 g/mol. The summed E-state index contributed by atoms with van der Waals surface area (Å²) in [6.07, 6.45) is 0.489. The molecule has 0 aliphatic carbocycles. The van der Waals surface area contributed by atoms with Gasteiger partial charge in [0.2, 0.25) is 0 Å². The molecule has 0 radical (unpaired) electrons. The van der Waals surface area contributed by atoms with Crippen molar-refractivity contribution in [3.8, 4) is 11.5 Å². The summed E-state index contributed by atoms with van der Waals surface area (Å²) in [5.41, 5.74) is -0.587. The Kier molecular flexibility index (Phi) is 7.07. The molecule has 0 bridgehead atoms. The SMILES string of the molecule is O=c1nc2n(CCCCS(=O)(=O)[O-])c3ccccc3nc-2c(=O)n1CCCCS(=O)(=O)[O-]. The van der Waals surface area contributed by atoms with Crippen molar-refractivity contribution in [2.75, 3.05) is 11.5 Å². The van der Waals surface area contributed by atoms with E-state index < -0.39 is 43.0 Å². The Morgan fingerprint density at radius 1 is 0.781 bits per heavy atom. The summed E-state index contributed by atoms with van der Waals surface area (Å²) in [5.74, 6) is -1.10. The first-order valence-electron chi connectivity index (χ1n) is 9.73. The standard InChI is InChI=1S/C18H22N4O8S2/c23-17-15-16(20-18(24)22(17)10-4-6-12-32(28,29)30)21(9-3-5-11-31(25,26)27)14-8-2-1-7-13(14)19-15/h1-2,7-8H,3-6,9-12H2,(H,25,26,27)(H,28,29,30)/p-2. The van der Waals surface area contributed by atoms with Gasteiger partial charge in [-0.15, -0.1) is 0 Å². The lowest BCUT2D eigenvalue weighted by Crippen LogP contribution is -2.38. The van der Waals surface area contributed by atoms with Gasteiger partial charge in [-0.1, -0.05) is 12.1 Å². The van der Waals surface area contributed by atoms with Gasteiger partial charge in [0.1, 0.15) is 0 Å². The molecule has 0 fully saturated rings. The minimum atomic E-state index is -4.39. The molecule has 174 valence electrons. The highest BCUT2D eigenvalue weighted by molar-refractivity contribution is 7.85. The van der Waals surface area contributed by atoms with Crippen LogP contribution in [0.1, 0.15) is 25.7 Å². The van der Waals surface area contributed by atoms with E-state index in [1.807, 2.05) is 0 Å². The highest BCUT2D eigenvalue weighted by Gasteiger charge is 2.21. The molecule has 0 spiro atoms. The minimum Gasteiger partial charge on any atom is -0.748 e. The van der Waals surface area contributed by atoms with Crippen LogP contribution in [-0.4, -0.2) is 56.5 Å². The van der Waals surface area contributed by atoms with Crippen molar-refractivity contribution >= 4 is 31.3 Å². The third kappa shape index (κ3) is 5.97. The molecule has 2 heterocycles. The maximum Gasteiger partial charge on any atom is 0.352 e. The van der Waals surface area contributed by atoms with E-state index in [4.69, 9.17) is 0 Å². The second-order valence-corrected chi connectivity index (χ2v) is 10.3. The number of fused-ring (bicyclic) bond motifs is 2. The molecular formula is C18H20N4O8S2-2. The van der Waals surface area contributed by atoms with Gasteiger partial charge in [0.15, 0.2) is 11.5 Å². The Balaban J connectivity index is 1.98. The second kappa shape index (κ2) is 9.44. The number of nitrogens with zero attached hydrogens (tertiary/aromatic N) is 4. The summed E-state index contributed by atoms with van der Waals surface area (Å²) in [6.45, 7) is 0.0816. The number of para-hydroxylation sites is 2. The minimum absolute atomic E-state index is 0.0104. The van der Waals surface area contributed by atoms with Crippen molar-refractivity contribution in [3.05, 3.63) is 45.1 Å². The molecule has 2 aliphatic heterocycles. The van der Waals surface area contributed by atoms with Gasteiger partial charge in [-0.05, 0) is 37.8 Å². The van der Waals surface area contributed by atoms with E-state index in [0.717, 1.165) is 4.57 Å². The van der Waals surface area contributed by atoms with Crippen LogP contribution in [0.25, 0.3) is 22.6 Å². The fraction of sp³-hybridized carbons (Fsp3) is 0.444. The van der Waals surface area contributed by atoms with Crippen LogP contribution < -0.4 is 11.2 Å². The molecule has 0 aromatic heterocycles. The first kappa shape index (κ1) is 24.0. The van der Waals surface area contributed by atoms with Crippen molar-refractivity contribution in [2.45, 2.75) is 38.8 Å². The molecule has 32 heavy (non-hydrogen) atoms. The number of hydrogen-bond donors (Lipinski definition) is 0. The van der Waals surface area contributed by atoms with Gasteiger partial charge in [-0.3, -0.25) is 9.36 Å². The lowest BCUT2D eigenvalue weighted by atomic mass is 10.2. The van der Waals surface area contributed by atoms with E-state index in [9.17, 15) is 35.5 Å². The molecule has 1 aromatic rings. The topological polar surface area (TPSA) is 184 Å². The summed E-state index contributed by atoms with van der Waals surface area (Å²) in [6, 6.07) is 6.83. The van der Waals surface area contributed by atoms with Crippen molar-refractivity contribution in [3.63, 3.8) is 0 Å². The number of aromatic nitrogens is 4. The van der Waals surface area contributed by atoms with E-state index >= 15 is 0 Å². The van der Waals surface area contributed by atoms with E-state index in [1.165, 1.54) is 0 Å². The number of benzene rings is 1. The van der Waals surface area contributed by atoms with E-state index in [0.29, 0.717) is 11.0 Å². The van der Waals surface area contributed by atoms with Crippen molar-refractivity contribution in [1.29, 1.82) is 0 Å². The molecule has 0 saturated heterocycles. The van der Waals surface area contributed by atoms with Crippen molar-refractivity contribution < 1.29 is 25.9 Å². The molecular weight excluding hydrogens is 464 g/mol. The Morgan fingerprint density at radius 3 is 1.94 bits per heavy atom. The third-order valence-corrected chi connectivity index (χ3v) is 6.38. The summed E-state index contributed by atoms with van der Waals surface area (Å²) in [7, 11) is -8.74. The van der Waals surface area contributed by atoms with Crippen LogP contribution in [0.15, 0.2) is 33.9 Å². The zero-order valence-corrected chi connectivity index (χ0v) is 18.5. The van der Waals surface area contributed by atoms with Gasteiger partial charge < -0.3 is 13.7 Å². The molecule has 12 nitrogen and oxygen atoms in total. The molecule has 0 saturated carbocycles. The molecule has 0 amide bonds. The van der Waals surface area contributed by atoms with Gasteiger partial charge in [0.05, 0.1) is 31.3 Å². The summed E-state index contributed by atoms with van der Waals surface area (Å²) in [4.78, 5) is 33.8. The molecule has 0 N–H and O–H groups in total. The molecule has 0 atom stereocenters. The zero-order valence-electron chi connectivity index (χ0n) is 16.8. The van der Waals surface area contributed by atoms with Crippen LogP contribution in [-0.2, 0) is 33.3 Å². The smallest absolute Gasteiger partial charge is 0.352 e. The monoisotopic (exact) mass is 484 g/mol. The number of aryl methyl sites for hydroxylation is 1. The average Bonchev–Trinajstić information content (AvgIpc) is 2.69. The summed E-state index contributed by atoms with van der Waals surface area (Å²) >= 11 is 0. The quantitative estimate of drug-likeness (QED) is 0.210. The van der Waals surface area contributed by atoms with Crippen LogP contribution in [0.2, 0.25) is 0 Å². The predicted molar refractivity (Wildman–Crippen MR) is 112 cm³/mol. The number of rotatable bonds is 10. The Bertz CT molecular complexity index is 1430. The van der Waals surface area contributed by atoms with E-state index in [2.05, 4.69) is 9.97 Å². The van der Waals surface area contributed by atoms with Crippen LogP contribution in [0, 0.1) is 0 Å². The van der Waals surface area contributed by atoms with Gasteiger partial charge in [-0.2, -0.15) is 4.98 Å². The van der Waals surface area contributed by atoms with E-state index in [-0.39, 0.29) is 50.3 Å². The van der Waals surface area contributed by atoms with Gasteiger partial charge in [-0.25, -0.2) is 26.6 Å². The zero-order chi connectivity index (χ0) is 23.5. The van der Waals surface area contributed by atoms with Crippen LogP contribution in [0.4, 0.5) is 0 Å². The van der Waals surface area contributed by atoms with Crippen LogP contribution in [0.5, 0.6) is 0 Å². The van der Waals surface area contributed by atoms with Crippen molar-refractivity contribution in [2.24, 2.45) is 0 Å². The first-order chi connectivity index (χ1) is 15.0. The Morgan fingerprint density at radius 2 is 1.34 bits per heavy atom. The summed E-state index contributed by atoms with van der Waals surface area (Å²) < 4.78 is 67.1. The lowest BCUT2D eigenvalue weighted by molar-refractivity contribution is 0.457. The lowest BCUT2D eigenvalue weighted by Gasteiger charge is -2.18. The van der Waals surface area contributed by atoms with Crippen LogP contribution >= 0.6 is 0 Å². The molecule has 2 aliphatic rings. The predicted octanol–water partition coefficient (Wildman–Crippen LogP) is -0.291. The first-order valence-corrected chi connectivity index (χ1v) is 12.9. The molecule has 14 heteroatoms. The third-order valence-electron chi connectivity index (χ3n) is 4.80. The fourth-order valence-electron chi connectivity index (χ4n) is 3.34. The van der Waals surface area contributed by atoms with Gasteiger partial charge in [0.25, 0.3) is 5.56 Å². The summed E-state index contributed by atoms with van der Waals surface area (Å²) in [5, 5.41) is 0. The molecule has 0 unspecified atom stereocenters. The molecule has 3 rings (SSSR count). The van der Waals surface area contributed by atoms with E-state index in [1.54, 1.807) is 28.8 Å². The normalized spacial score (nSPS) is 12.6. The van der Waals surface area contributed by atoms with Gasteiger partial charge in [0, 0.05) is 24.6 Å². The fourth-order valence-corrected chi connectivity index (χ4v) is 4.46. The number of hydrogen-bond acceptors (Lipinski definition) is 10. The maximum atomic E-state index is 12.9. The van der Waals surface area contributed by atoms with Crippen molar-refractivity contribution in [1.82, 2.24) is 19.1 Å². The van der Waals surface area contributed by atoms with Crippen LogP contribution in [0.3, 0.4) is 0 Å². The highest BCUT2D eigenvalue weighted by Crippen LogP contribution is 2.21. The number of unbranched alkanes of at least 4 members (excludes halogenated alkanes) is 2.